The number of hydrogen-bond acceptors (Lipinski definition) is 4. The molecular formula is C15H17NO2S. The summed E-state index contributed by atoms with van der Waals surface area (Å²) in [4.78, 5) is 0.917. The first-order valence-corrected chi connectivity index (χ1v) is 6.45. The van der Waals surface area contributed by atoms with Crippen LogP contribution < -0.4 is 9.80 Å². The third-order valence-electron chi connectivity index (χ3n) is 2.88. The van der Waals surface area contributed by atoms with Crippen LogP contribution >= 0.6 is 12.6 Å². The Morgan fingerprint density at radius 3 is 2.63 bits per heavy atom. The molecule has 0 aromatic heterocycles. The fourth-order valence-corrected chi connectivity index (χ4v) is 2.17. The largest absolute Gasteiger partial charge is 0.489 e. The maximum atomic E-state index is 9.56. The topological polar surface area (TPSA) is 32.7 Å². The van der Waals surface area contributed by atoms with Gasteiger partial charge in [0.1, 0.15) is 12.4 Å². The number of ether oxygens (including phenoxy) is 1. The van der Waals surface area contributed by atoms with Gasteiger partial charge in [0, 0.05) is 17.5 Å². The van der Waals surface area contributed by atoms with Gasteiger partial charge in [0.25, 0.3) is 0 Å². The van der Waals surface area contributed by atoms with Crippen molar-refractivity contribution in [2.45, 2.75) is 18.4 Å². The lowest BCUT2D eigenvalue weighted by atomic mass is 10.2. The number of rotatable bonds is 4. The van der Waals surface area contributed by atoms with Crippen molar-refractivity contribution in [3.63, 3.8) is 0 Å². The van der Waals surface area contributed by atoms with Gasteiger partial charge in [-0.25, -0.2) is 0 Å². The number of aryl methyl sites for hydroxylation is 1. The molecule has 0 aliphatic rings. The Hall–Kier alpha value is -1.65. The van der Waals surface area contributed by atoms with Crippen LogP contribution in [0.15, 0.2) is 47.4 Å². The van der Waals surface area contributed by atoms with Crippen molar-refractivity contribution in [2.75, 3.05) is 12.1 Å². The van der Waals surface area contributed by atoms with Crippen LogP contribution in [0, 0.1) is 6.92 Å². The standard InChI is InChI=1S/C15H17NO2S/c1-11-9-13(19)7-8-15(11)18-10-12-5-3-4-6-14(12)16(2)17/h3-9,17,19H,10H2,1-2H3. The van der Waals surface area contributed by atoms with E-state index in [0.717, 1.165) is 32.5 Å². The van der Waals surface area contributed by atoms with Crippen LogP contribution in [0.25, 0.3) is 0 Å². The lowest BCUT2D eigenvalue weighted by molar-refractivity contribution is 0.270. The van der Waals surface area contributed by atoms with E-state index in [-0.39, 0.29) is 0 Å². The van der Waals surface area contributed by atoms with E-state index < -0.39 is 0 Å². The number of para-hydroxylation sites is 1. The van der Waals surface area contributed by atoms with Crippen LogP contribution in [0.2, 0.25) is 0 Å². The third kappa shape index (κ3) is 3.43. The van der Waals surface area contributed by atoms with Crippen molar-refractivity contribution < 1.29 is 9.94 Å². The van der Waals surface area contributed by atoms with Crippen LogP contribution in [0.5, 0.6) is 5.75 Å². The first kappa shape index (κ1) is 13.8. The highest BCUT2D eigenvalue weighted by Gasteiger charge is 2.06. The van der Waals surface area contributed by atoms with Crippen molar-refractivity contribution in [1.82, 2.24) is 0 Å². The second kappa shape index (κ2) is 5.99. The quantitative estimate of drug-likeness (QED) is 0.659. The Morgan fingerprint density at radius 1 is 1.21 bits per heavy atom. The summed E-state index contributed by atoms with van der Waals surface area (Å²) in [6.07, 6.45) is 0. The normalized spacial score (nSPS) is 10.3. The molecule has 3 nitrogen and oxygen atoms in total. The summed E-state index contributed by atoms with van der Waals surface area (Å²) in [6, 6.07) is 13.4. The summed E-state index contributed by atoms with van der Waals surface area (Å²) >= 11 is 4.29. The molecule has 0 radical (unpaired) electrons. The number of nitrogens with zero attached hydrogens (tertiary/aromatic N) is 1. The molecular weight excluding hydrogens is 258 g/mol. The third-order valence-corrected chi connectivity index (χ3v) is 3.16. The van der Waals surface area contributed by atoms with E-state index in [4.69, 9.17) is 4.74 Å². The van der Waals surface area contributed by atoms with Crippen molar-refractivity contribution in [1.29, 1.82) is 0 Å². The van der Waals surface area contributed by atoms with Gasteiger partial charge in [-0.2, -0.15) is 0 Å². The van der Waals surface area contributed by atoms with Crippen molar-refractivity contribution in [3.8, 4) is 5.75 Å². The molecule has 2 aromatic carbocycles. The fraction of sp³-hybridized carbons (Fsp3) is 0.200. The predicted octanol–water partition coefficient (Wildman–Crippen LogP) is 3.69. The molecule has 2 rings (SSSR count). The lowest BCUT2D eigenvalue weighted by Crippen LogP contribution is -2.13. The molecule has 2 aromatic rings. The molecule has 19 heavy (non-hydrogen) atoms. The highest BCUT2D eigenvalue weighted by molar-refractivity contribution is 7.80. The zero-order valence-electron chi connectivity index (χ0n) is 11.0. The highest BCUT2D eigenvalue weighted by atomic mass is 32.1. The summed E-state index contributed by atoms with van der Waals surface area (Å²) in [6.45, 7) is 2.40. The van der Waals surface area contributed by atoms with Gasteiger partial charge < -0.3 is 4.74 Å². The van der Waals surface area contributed by atoms with E-state index in [2.05, 4.69) is 12.6 Å². The first-order valence-electron chi connectivity index (χ1n) is 6.01. The number of benzene rings is 2. The minimum Gasteiger partial charge on any atom is -0.489 e. The number of hydrogen-bond donors (Lipinski definition) is 2. The van der Waals surface area contributed by atoms with Gasteiger partial charge in [0.15, 0.2) is 0 Å². The maximum absolute atomic E-state index is 9.56. The summed E-state index contributed by atoms with van der Waals surface area (Å²) in [5, 5.41) is 10.7. The number of anilines is 1. The molecule has 0 saturated heterocycles. The van der Waals surface area contributed by atoms with E-state index in [1.54, 1.807) is 7.05 Å². The average molecular weight is 275 g/mol. The Morgan fingerprint density at radius 2 is 1.95 bits per heavy atom. The molecule has 0 amide bonds. The smallest absolute Gasteiger partial charge is 0.122 e. The fourth-order valence-electron chi connectivity index (χ4n) is 1.90. The molecule has 0 aliphatic heterocycles. The molecule has 4 heteroatoms. The molecule has 0 fully saturated rings. The number of hydroxylamine groups is 1. The van der Waals surface area contributed by atoms with Crippen LogP contribution in [0.3, 0.4) is 0 Å². The summed E-state index contributed by atoms with van der Waals surface area (Å²) in [5.74, 6) is 0.827. The SMILES string of the molecule is Cc1cc(S)ccc1OCc1ccccc1N(C)O. The van der Waals surface area contributed by atoms with E-state index in [9.17, 15) is 5.21 Å². The first-order chi connectivity index (χ1) is 9.08. The van der Waals surface area contributed by atoms with Crippen LogP contribution in [-0.2, 0) is 6.61 Å². The van der Waals surface area contributed by atoms with Crippen molar-refractivity contribution >= 4 is 18.3 Å². The second-order valence-corrected chi connectivity index (χ2v) is 4.91. The minimum atomic E-state index is 0.411. The van der Waals surface area contributed by atoms with Gasteiger partial charge in [0.2, 0.25) is 0 Å². The van der Waals surface area contributed by atoms with E-state index in [1.807, 2.05) is 49.4 Å². The van der Waals surface area contributed by atoms with Crippen LogP contribution in [0.1, 0.15) is 11.1 Å². The van der Waals surface area contributed by atoms with E-state index in [0.29, 0.717) is 6.61 Å². The molecule has 0 aliphatic carbocycles. The van der Waals surface area contributed by atoms with Gasteiger partial charge in [-0.15, -0.1) is 12.6 Å². The van der Waals surface area contributed by atoms with Gasteiger partial charge in [-0.3, -0.25) is 10.3 Å². The van der Waals surface area contributed by atoms with Crippen molar-refractivity contribution in [3.05, 3.63) is 53.6 Å². The zero-order chi connectivity index (χ0) is 13.8. The zero-order valence-corrected chi connectivity index (χ0v) is 11.9. The lowest BCUT2D eigenvalue weighted by Gasteiger charge is -2.16. The molecule has 0 heterocycles. The summed E-state index contributed by atoms with van der Waals surface area (Å²) < 4.78 is 5.80. The van der Waals surface area contributed by atoms with Gasteiger partial charge in [0.05, 0.1) is 5.69 Å². The monoisotopic (exact) mass is 275 g/mol. The van der Waals surface area contributed by atoms with Crippen molar-refractivity contribution in [2.24, 2.45) is 0 Å². The molecule has 0 atom stereocenters. The summed E-state index contributed by atoms with van der Waals surface area (Å²) in [5.41, 5.74) is 2.72. The number of thiol groups is 1. The maximum Gasteiger partial charge on any atom is 0.122 e. The van der Waals surface area contributed by atoms with Gasteiger partial charge in [-0.1, -0.05) is 18.2 Å². The Kier molecular flexibility index (Phi) is 4.35. The Bertz CT molecular complexity index is 570. The van der Waals surface area contributed by atoms with E-state index in [1.165, 1.54) is 0 Å². The molecule has 0 bridgehead atoms. The molecule has 0 spiro atoms. The second-order valence-electron chi connectivity index (χ2n) is 4.39. The molecule has 1 N–H and O–H groups in total. The minimum absolute atomic E-state index is 0.411. The Balaban J connectivity index is 2.14. The van der Waals surface area contributed by atoms with E-state index >= 15 is 0 Å². The van der Waals surface area contributed by atoms with Gasteiger partial charge in [-0.05, 0) is 36.8 Å². The van der Waals surface area contributed by atoms with Gasteiger partial charge >= 0.3 is 0 Å². The molecule has 0 unspecified atom stereocenters. The molecule has 100 valence electrons. The highest BCUT2D eigenvalue weighted by Crippen LogP contribution is 2.24. The van der Waals surface area contributed by atoms with Crippen LogP contribution in [-0.4, -0.2) is 12.3 Å². The predicted molar refractivity (Wildman–Crippen MR) is 79.4 cm³/mol. The summed E-state index contributed by atoms with van der Waals surface area (Å²) in [7, 11) is 1.60. The van der Waals surface area contributed by atoms with Crippen LogP contribution in [0.4, 0.5) is 5.69 Å². The average Bonchev–Trinajstić information content (AvgIpc) is 2.38. The molecule has 0 saturated carbocycles. The Labute approximate surface area is 118 Å².